The standard InChI is InChI=1S/C27H26N4O2S/c1-20(32)23-15-8-9-16-24(23)28-26(33)17-10-18-34-27-30-29-25(19-21-11-4-2-5-12-21)31(27)22-13-6-3-7-14-22/h2-9,11-16H,10,17-19H2,1H3,(H,28,33). The number of nitrogens with one attached hydrogen (secondary N) is 1. The Hall–Kier alpha value is -3.71. The molecule has 0 saturated heterocycles. The molecule has 7 heteroatoms. The second kappa shape index (κ2) is 11.4. The Morgan fingerprint density at radius 2 is 1.56 bits per heavy atom. The predicted octanol–water partition coefficient (Wildman–Crippen LogP) is 5.57. The predicted molar refractivity (Wildman–Crippen MR) is 136 cm³/mol. The summed E-state index contributed by atoms with van der Waals surface area (Å²) in [4.78, 5) is 24.2. The van der Waals surface area contributed by atoms with Crippen molar-refractivity contribution in [3.63, 3.8) is 0 Å². The Balaban J connectivity index is 1.39. The molecule has 4 rings (SSSR count). The summed E-state index contributed by atoms with van der Waals surface area (Å²) in [7, 11) is 0. The van der Waals surface area contributed by atoms with Gasteiger partial charge in [0.2, 0.25) is 5.91 Å². The van der Waals surface area contributed by atoms with Crippen LogP contribution in [-0.4, -0.2) is 32.2 Å². The minimum absolute atomic E-state index is 0.0713. The molecule has 0 aliphatic heterocycles. The Morgan fingerprint density at radius 1 is 0.882 bits per heavy atom. The van der Waals surface area contributed by atoms with Gasteiger partial charge in [0.25, 0.3) is 0 Å². The van der Waals surface area contributed by atoms with Gasteiger partial charge in [-0.2, -0.15) is 0 Å². The summed E-state index contributed by atoms with van der Waals surface area (Å²) in [6.07, 6.45) is 1.71. The van der Waals surface area contributed by atoms with Crippen molar-refractivity contribution in [1.29, 1.82) is 0 Å². The van der Waals surface area contributed by atoms with Crippen molar-refractivity contribution in [3.05, 3.63) is 102 Å². The van der Waals surface area contributed by atoms with Crippen LogP contribution in [0.1, 0.15) is 41.5 Å². The normalized spacial score (nSPS) is 10.7. The second-order valence-electron chi connectivity index (χ2n) is 7.83. The molecule has 0 bridgehead atoms. The number of para-hydroxylation sites is 2. The Bertz CT molecular complexity index is 1260. The number of amides is 1. The van der Waals surface area contributed by atoms with Gasteiger partial charge in [-0.25, -0.2) is 0 Å². The summed E-state index contributed by atoms with van der Waals surface area (Å²) in [5, 5.41) is 12.6. The maximum absolute atomic E-state index is 12.4. The van der Waals surface area contributed by atoms with E-state index in [9.17, 15) is 9.59 Å². The third-order valence-electron chi connectivity index (χ3n) is 5.28. The smallest absolute Gasteiger partial charge is 0.224 e. The lowest BCUT2D eigenvalue weighted by atomic mass is 10.1. The number of anilines is 1. The van der Waals surface area contributed by atoms with Gasteiger partial charge in [0.05, 0.1) is 5.69 Å². The number of hydrogen-bond donors (Lipinski definition) is 1. The zero-order valence-corrected chi connectivity index (χ0v) is 19.8. The average molecular weight is 471 g/mol. The van der Waals surface area contributed by atoms with Crippen LogP contribution in [0.15, 0.2) is 90.1 Å². The second-order valence-corrected chi connectivity index (χ2v) is 8.90. The molecular formula is C27H26N4O2S. The first kappa shape index (κ1) is 23.4. The Kier molecular flexibility index (Phi) is 7.88. The first-order chi connectivity index (χ1) is 16.6. The van der Waals surface area contributed by atoms with Crippen LogP contribution in [-0.2, 0) is 11.2 Å². The highest BCUT2D eigenvalue weighted by Crippen LogP contribution is 2.24. The lowest BCUT2D eigenvalue weighted by Gasteiger charge is -2.11. The van der Waals surface area contributed by atoms with Gasteiger partial charge in [-0.1, -0.05) is 72.4 Å². The fourth-order valence-corrected chi connectivity index (χ4v) is 4.54. The maximum atomic E-state index is 12.4. The summed E-state index contributed by atoms with van der Waals surface area (Å²) >= 11 is 1.58. The van der Waals surface area contributed by atoms with Gasteiger partial charge in [0.1, 0.15) is 5.82 Å². The largest absolute Gasteiger partial charge is 0.325 e. The van der Waals surface area contributed by atoms with E-state index in [0.29, 0.717) is 30.5 Å². The molecule has 34 heavy (non-hydrogen) atoms. The summed E-state index contributed by atoms with van der Waals surface area (Å²) in [5.74, 6) is 1.41. The van der Waals surface area contributed by atoms with E-state index in [0.717, 1.165) is 22.4 Å². The van der Waals surface area contributed by atoms with Gasteiger partial charge in [-0.05, 0) is 43.2 Å². The fraction of sp³-hybridized carbons (Fsp3) is 0.185. The molecule has 0 spiro atoms. The third kappa shape index (κ3) is 5.99. The zero-order valence-electron chi connectivity index (χ0n) is 19.0. The highest BCUT2D eigenvalue weighted by Gasteiger charge is 2.15. The molecule has 1 amide bonds. The number of rotatable bonds is 10. The SMILES string of the molecule is CC(=O)c1ccccc1NC(=O)CCCSc1nnc(Cc2ccccc2)n1-c1ccccc1. The van der Waals surface area contributed by atoms with E-state index >= 15 is 0 Å². The van der Waals surface area contributed by atoms with E-state index in [2.05, 4.69) is 32.2 Å². The monoisotopic (exact) mass is 470 g/mol. The van der Waals surface area contributed by atoms with Crippen molar-refractivity contribution >= 4 is 29.1 Å². The molecule has 172 valence electrons. The number of hydrogen-bond acceptors (Lipinski definition) is 5. The number of Topliss-reactive ketones (excluding diaryl/α,β-unsaturated/α-hetero) is 1. The van der Waals surface area contributed by atoms with E-state index in [1.807, 2.05) is 48.5 Å². The molecular weight excluding hydrogens is 444 g/mol. The molecule has 0 saturated carbocycles. The van der Waals surface area contributed by atoms with Crippen molar-refractivity contribution in [2.24, 2.45) is 0 Å². The molecule has 1 N–H and O–H groups in total. The topological polar surface area (TPSA) is 76.9 Å². The Labute approximate surface area is 203 Å². The van der Waals surface area contributed by atoms with Crippen LogP contribution >= 0.6 is 11.8 Å². The molecule has 3 aromatic carbocycles. The first-order valence-electron chi connectivity index (χ1n) is 11.2. The molecule has 1 aromatic heterocycles. The highest BCUT2D eigenvalue weighted by molar-refractivity contribution is 7.99. The fourth-order valence-electron chi connectivity index (χ4n) is 3.63. The molecule has 0 radical (unpaired) electrons. The molecule has 0 aliphatic carbocycles. The van der Waals surface area contributed by atoms with Crippen molar-refractivity contribution < 1.29 is 9.59 Å². The summed E-state index contributed by atoms with van der Waals surface area (Å²) in [6, 6.07) is 27.3. The quantitative estimate of drug-likeness (QED) is 0.186. The molecule has 0 atom stereocenters. The van der Waals surface area contributed by atoms with Gasteiger partial charge < -0.3 is 5.32 Å². The van der Waals surface area contributed by atoms with Gasteiger partial charge in [0.15, 0.2) is 10.9 Å². The molecule has 0 unspecified atom stereocenters. The van der Waals surface area contributed by atoms with Crippen LogP contribution in [0.4, 0.5) is 5.69 Å². The minimum atomic E-state index is -0.108. The number of aromatic nitrogens is 3. The molecule has 0 aliphatic rings. The van der Waals surface area contributed by atoms with Crippen LogP contribution in [0.2, 0.25) is 0 Å². The zero-order chi connectivity index (χ0) is 23.8. The molecule has 6 nitrogen and oxygen atoms in total. The van der Waals surface area contributed by atoms with E-state index in [-0.39, 0.29) is 11.7 Å². The Morgan fingerprint density at radius 3 is 2.29 bits per heavy atom. The van der Waals surface area contributed by atoms with Crippen molar-refractivity contribution in [1.82, 2.24) is 14.8 Å². The number of carbonyl (C=O) groups excluding carboxylic acids is 2. The maximum Gasteiger partial charge on any atom is 0.224 e. The average Bonchev–Trinajstić information content (AvgIpc) is 3.25. The van der Waals surface area contributed by atoms with Crippen LogP contribution in [0.25, 0.3) is 5.69 Å². The van der Waals surface area contributed by atoms with Crippen LogP contribution in [0, 0.1) is 0 Å². The van der Waals surface area contributed by atoms with E-state index in [1.165, 1.54) is 12.5 Å². The summed E-state index contributed by atoms with van der Waals surface area (Å²) in [6.45, 7) is 1.50. The number of nitrogens with zero attached hydrogens (tertiary/aromatic N) is 3. The number of ketones is 1. The highest BCUT2D eigenvalue weighted by atomic mass is 32.2. The molecule has 0 fully saturated rings. The van der Waals surface area contributed by atoms with Gasteiger partial charge in [-0.3, -0.25) is 14.2 Å². The number of thioether (sulfide) groups is 1. The number of benzene rings is 3. The minimum Gasteiger partial charge on any atom is -0.325 e. The van der Waals surface area contributed by atoms with Crippen LogP contribution in [0.3, 0.4) is 0 Å². The van der Waals surface area contributed by atoms with Crippen molar-refractivity contribution in [2.45, 2.75) is 31.3 Å². The van der Waals surface area contributed by atoms with Gasteiger partial charge in [0, 0.05) is 29.8 Å². The first-order valence-corrected chi connectivity index (χ1v) is 12.2. The van der Waals surface area contributed by atoms with Crippen molar-refractivity contribution in [2.75, 3.05) is 11.1 Å². The van der Waals surface area contributed by atoms with Crippen LogP contribution < -0.4 is 5.32 Å². The van der Waals surface area contributed by atoms with E-state index in [4.69, 9.17) is 0 Å². The van der Waals surface area contributed by atoms with E-state index < -0.39 is 0 Å². The third-order valence-corrected chi connectivity index (χ3v) is 6.29. The molecule has 1 heterocycles. The summed E-state index contributed by atoms with van der Waals surface area (Å²) < 4.78 is 2.08. The van der Waals surface area contributed by atoms with Crippen molar-refractivity contribution in [3.8, 4) is 5.69 Å². The van der Waals surface area contributed by atoms with Gasteiger partial charge in [-0.15, -0.1) is 10.2 Å². The number of carbonyl (C=O) groups is 2. The lowest BCUT2D eigenvalue weighted by Crippen LogP contribution is -2.14. The lowest BCUT2D eigenvalue weighted by molar-refractivity contribution is -0.116. The van der Waals surface area contributed by atoms with Crippen LogP contribution in [0.5, 0.6) is 0 Å². The van der Waals surface area contributed by atoms with E-state index in [1.54, 1.807) is 36.0 Å². The van der Waals surface area contributed by atoms with Gasteiger partial charge >= 0.3 is 0 Å². The summed E-state index contributed by atoms with van der Waals surface area (Å²) in [5.41, 5.74) is 3.26. The molecule has 4 aromatic rings.